The first kappa shape index (κ1) is 19.6. The Bertz CT molecular complexity index is 1270. The number of carbonyl (C=O) groups is 1. The monoisotopic (exact) mass is 401 g/mol. The highest BCUT2D eigenvalue weighted by atomic mass is 16.2. The highest BCUT2D eigenvalue weighted by Gasteiger charge is 2.14. The lowest BCUT2D eigenvalue weighted by Crippen LogP contribution is -2.28. The van der Waals surface area contributed by atoms with Crippen LogP contribution in [0.1, 0.15) is 30.9 Å². The molecule has 152 valence electrons. The van der Waals surface area contributed by atoms with Crippen molar-refractivity contribution in [3.63, 3.8) is 0 Å². The van der Waals surface area contributed by atoms with Crippen molar-refractivity contribution in [2.45, 2.75) is 33.2 Å². The summed E-state index contributed by atoms with van der Waals surface area (Å²) in [6.45, 7) is 6.07. The number of hydrogen-bond acceptors (Lipinski definition) is 4. The quantitative estimate of drug-likeness (QED) is 0.553. The molecule has 0 fully saturated rings. The van der Waals surface area contributed by atoms with E-state index in [2.05, 4.69) is 29.2 Å². The van der Waals surface area contributed by atoms with E-state index in [0.717, 1.165) is 16.9 Å². The van der Waals surface area contributed by atoms with E-state index in [0.29, 0.717) is 17.0 Å². The number of benzene rings is 2. The van der Waals surface area contributed by atoms with E-state index in [9.17, 15) is 9.59 Å². The molecule has 4 aromatic rings. The molecule has 0 bridgehead atoms. The molecule has 1 amide bonds. The molecule has 1 N–H and O–H groups in total. The molecule has 7 nitrogen and oxygen atoms in total. The van der Waals surface area contributed by atoms with E-state index in [-0.39, 0.29) is 18.0 Å². The van der Waals surface area contributed by atoms with Crippen LogP contribution in [0.2, 0.25) is 0 Å². The fraction of sp³-hybridized carbons (Fsp3) is 0.217. The number of fused-ring (bicyclic) bond motifs is 1. The van der Waals surface area contributed by atoms with Crippen molar-refractivity contribution in [3.8, 4) is 5.69 Å². The third-order valence-corrected chi connectivity index (χ3v) is 5.09. The number of nitrogens with zero attached hydrogens (tertiary/aromatic N) is 4. The van der Waals surface area contributed by atoms with Crippen molar-refractivity contribution in [3.05, 3.63) is 82.5 Å². The first-order valence-corrected chi connectivity index (χ1v) is 9.83. The van der Waals surface area contributed by atoms with Crippen LogP contribution in [0, 0.1) is 6.92 Å². The largest absolute Gasteiger partial charge is 0.324 e. The van der Waals surface area contributed by atoms with E-state index in [1.807, 2.05) is 55.5 Å². The Morgan fingerprint density at radius 1 is 1.10 bits per heavy atom. The number of aromatic nitrogens is 4. The average Bonchev–Trinajstić information content (AvgIpc) is 3.17. The van der Waals surface area contributed by atoms with Gasteiger partial charge in [-0.1, -0.05) is 44.2 Å². The number of aryl methyl sites for hydroxylation is 1. The molecular formula is C23H23N5O2. The predicted molar refractivity (Wildman–Crippen MR) is 117 cm³/mol. The number of para-hydroxylation sites is 1. The van der Waals surface area contributed by atoms with Crippen LogP contribution in [-0.4, -0.2) is 25.2 Å². The number of nitrogens with one attached hydrogen (secondary N) is 1. The predicted octanol–water partition coefficient (Wildman–Crippen LogP) is 3.65. The summed E-state index contributed by atoms with van der Waals surface area (Å²) in [5.74, 6) is 0.147. The van der Waals surface area contributed by atoms with Gasteiger partial charge < -0.3 is 5.32 Å². The second-order valence-electron chi connectivity index (χ2n) is 7.58. The third-order valence-electron chi connectivity index (χ3n) is 5.09. The Balaban J connectivity index is 1.60. The molecule has 0 aliphatic heterocycles. The van der Waals surface area contributed by atoms with Gasteiger partial charge in [-0.2, -0.15) is 5.10 Å². The average molecular weight is 401 g/mol. The van der Waals surface area contributed by atoms with Gasteiger partial charge in [0.1, 0.15) is 18.3 Å². The molecule has 0 atom stereocenters. The fourth-order valence-corrected chi connectivity index (χ4v) is 3.31. The van der Waals surface area contributed by atoms with Crippen LogP contribution >= 0.6 is 0 Å². The molecule has 0 saturated carbocycles. The van der Waals surface area contributed by atoms with Gasteiger partial charge in [-0.15, -0.1) is 0 Å². The molecular weight excluding hydrogens is 378 g/mol. The minimum atomic E-state index is -0.301. The van der Waals surface area contributed by atoms with Crippen LogP contribution in [0.15, 0.2) is 65.8 Å². The zero-order valence-corrected chi connectivity index (χ0v) is 17.2. The molecule has 0 radical (unpaired) electrons. The van der Waals surface area contributed by atoms with Crippen LogP contribution < -0.4 is 10.9 Å². The second-order valence-corrected chi connectivity index (χ2v) is 7.58. The van der Waals surface area contributed by atoms with Crippen molar-refractivity contribution in [2.24, 2.45) is 0 Å². The molecule has 30 heavy (non-hydrogen) atoms. The highest BCUT2D eigenvalue weighted by Crippen LogP contribution is 2.19. The van der Waals surface area contributed by atoms with E-state index in [4.69, 9.17) is 0 Å². The van der Waals surface area contributed by atoms with E-state index in [1.165, 1.54) is 22.7 Å². The smallest absolute Gasteiger partial charge is 0.264 e. The molecule has 0 spiro atoms. The van der Waals surface area contributed by atoms with Crippen LogP contribution in [0.3, 0.4) is 0 Å². The summed E-state index contributed by atoms with van der Waals surface area (Å²) >= 11 is 0. The third kappa shape index (κ3) is 3.74. The van der Waals surface area contributed by atoms with Gasteiger partial charge in [0, 0.05) is 5.69 Å². The van der Waals surface area contributed by atoms with Gasteiger partial charge in [0.15, 0.2) is 5.65 Å². The molecule has 2 aromatic heterocycles. The normalized spacial score (nSPS) is 11.2. The molecule has 4 rings (SSSR count). The maximum absolute atomic E-state index is 12.9. The summed E-state index contributed by atoms with van der Waals surface area (Å²) in [5.41, 5.74) is 3.90. The zero-order valence-electron chi connectivity index (χ0n) is 17.2. The van der Waals surface area contributed by atoms with Crippen LogP contribution in [-0.2, 0) is 11.3 Å². The van der Waals surface area contributed by atoms with Gasteiger partial charge in [-0.05, 0) is 42.2 Å². The molecule has 2 aromatic carbocycles. The number of hydrogen-bond donors (Lipinski definition) is 1. The molecule has 0 aliphatic carbocycles. The minimum absolute atomic E-state index is 0.121. The molecule has 0 saturated heterocycles. The van der Waals surface area contributed by atoms with Gasteiger partial charge in [-0.3, -0.25) is 14.2 Å². The Morgan fingerprint density at radius 3 is 2.53 bits per heavy atom. The van der Waals surface area contributed by atoms with Gasteiger partial charge in [0.05, 0.1) is 11.9 Å². The Morgan fingerprint density at radius 2 is 1.83 bits per heavy atom. The molecule has 7 heteroatoms. The fourth-order valence-electron chi connectivity index (χ4n) is 3.31. The number of anilines is 1. The van der Waals surface area contributed by atoms with Gasteiger partial charge in [0.25, 0.3) is 5.56 Å². The first-order valence-electron chi connectivity index (χ1n) is 9.83. The van der Waals surface area contributed by atoms with Crippen LogP contribution in [0.5, 0.6) is 0 Å². The highest BCUT2D eigenvalue weighted by molar-refractivity contribution is 5.91. The Kier molecular flexibility index (Phi) is 5.18. The summed E-state index contributed by atoms with van der Waals surface area (Å²) in [7, 11) is 0. The number of carbonyl (C=O) groups excluding carboxylic acids is 1. The van der Waals surface area contributed by atoms with Gasteiger partial charge >= 0.3 is 0 Å². The zero-order chi connectivity index (χ0) is 21.3. The van der Waals surface area contributed by atoms with E-state index < -0.39 is 0 Å². The van der Waals surface area contributed by atoms with E-state index in [1.54, 1.807) is 4.68 Å². The first-order chi connectivity index (χ1) is 14.4. The summed E-state index contributed by atoms with van der Waals surface area (Å²) in [4.78, 5) is 29.7. The number of amides is 1. The van der Waals surface area contributed by atoms with Crippen molar-refractivity contribution in [1.82, 2.24) is 19.3 Å². The summed E-state index contributed by atoms with van der Waals surface area (Å²) in [5, 5.41) is 7.54. The van der Waals surface area contributed by atoms with Gasteiger partial charge in [-0.25, -0.2) is 9.67 Å². The maximum atomic E-state index is 12.9. The maximum Gasteiger partial charge on any atom is 0.264 e. The van der Waals surface area contributed by atoms with E-state index >= 15 is 0 Å². The number of rotatable bonds is 5. The van der Waals surface area contributed by atoms with Crippen molar-refractivity contribution in [1.29, 1.82) is 0 Å². The standard InChI is InChI=1S/C23H23N5O2/c1-15(2)17-8-10-18(11-9-17)28-22-19(12-25-28)23(30)27(14-24-22)13-21(29)26-20-7-5-4-6-16(20)3/h4-12,14-15H,13H2,1-3H3,(H,26,29). The summed E-state index contributed by atoms with van der Waals surface area (Å²) in [6.07, 6.45) is 2.89. The summed E-state index contributed by atoms with van der Waals surface area (Å²) < 4.78 is 2.93. The minimum Gasteiger partial charge on any atom is -0.324 e. The van der Waals surface area contributed by atoms with Crippen molar-refractivity contribution in [2.75, 3.05) is 5.32 Å². The van der Waals surface area contributed by atoms with Crippen LogP contribution in [0.4, 0.5) is 5.69 Å². The topological polar surface area (TPSA) is 81.8 Å². The Hall–Kier alpha value is -3.74. The SMILES string of the molecule is Cc1ccccc1NC(=O)Cn1cnc2c(cnn2-c2ccc(C(C)C)cc2)c1=O. The Labute approximate surface area is 174 Å². The van der Waals surface area contributed by atoms with Crippen LogP contribution in [0.25, 0.3) is 16.7 Å². The lowest BCUT2D eigenvalue weighted by Gasteiger charge is -2.10. The lowest BCUT2D eigenvalue weighted by atomic mass is 10.0. The summed E-state index contributed by atoms with van der Waals surface area (Å²) in [6, 6.07) is 15.5. The molecule has 0 aliphatic rings. The lowest BCUT2D eigenvalue weighted by molar-refractivity contribution is -0.116. The van der Waals surface area contributed by atoms with Crippen molar-refractivity contribution >= 4 is 22.6 Å². The molecule has 2 heterocycles. The second kappa shape index (κ2) is 7.94. The van der Waals surface area contributed by atoms with Crippen molar-refractivity contribution < 1.29 is 4.79 Å². The molecule has 0 unspecified atom stereocenters. The van der Waals surface area contributed by atoms with Gasteiger partial charge in [0.2, 0.25) is 5.91 Å².